The number of nitrogens with zero attached hydrogens (tertiary/aromatic N) is 3. The molecule has 0 fully saturated rings. The smallest absolute Gasteiger partial charge is 0.426 e. The zero-order valence-corrected chi connectivity index (χ0v) is 19.4. The molecule has 172 valence electrons. The predicted molar refractivity (Wildman–Crippen MR) is 124 cm³/mol. The van der Waals surface area contributed by atoms with Crippen LogP contribution >= 0.6 is 0 Å². The van der Waals surface area contributed by atoms with Gasteiger partial charge in [0.15, 0.2) is 4.98 Å². The van der Waals surface area contributed by atoms with Crippen molar-refractivity contribution in [1.29, 1.82) is 5.39 Å². The number of ether oxygens (including phenoxy) is 1. The lowest BCUT2D eigenvalue weighted by atomic mass is 10.2. The Balaban J connectivity index is 3.07. The van der Waals surface area contributed by atoms with Crippen LogP contribution in [0.5, 0.6) is 5.75 Å². The van der Waals surface area contributed by atoms with Gasteiger partial charge in [-0.2, -0.15) is 0 Å². The Morgan fingerprint density at radius 1 is 1.00 bits per heavy atom. The number of rotatable bonds is 15. The lowest BCUT2D eigenvalue weighted by molar-refractivity contribution is -0.120. The average molecular weight is 433 g/mol. The molecule has 1 aromatic rings. The monoisotopic (exact) mass is 432 g/mol. The summed E-state index contributed by atoms with van der Waals surface area (Å²) >= 11 is 0. The highest BCUT2D eigenvalue weighted by molar-refractivity contribution is 5.86. The van der Waals surface area contributed by atoms with E-state index in [0.29, 0.717) is 30.2 Å². The molecule has 0 saturated heterocycles. The summed E-state index contributed by atoms with van der Waals surface area (Å²) in [6, 6.07) is 5.09. The largest absolute Gasteiger partial charge is 0.483 e. The topological polar surface area (TPSA) is 98.8 Å². The van der Waals surface area contributed by atoms with Crippen LogP contribution in [0.25, 0.3) is 4.98 Å². The van der Waals surface area contributed by atoms with Crippen molar-refractivity contribution in [2.75, 3.05) is 31.1 Å². The van der Waals surface area contributed by atoms with Crippen molar-refractivity contribution in [3.8, 4) is 5.75 Å². The number of benzene rings is 1. The molecule has 0 radical (unpaired) electrons. The Kier molecular flexibility index (Phi) is 12.7. The zero-order valence-electron chi connectivity index (χ0n) is 19.4. The Morgan fingerprint density at radius 2 is 1.55 bits per heavy atom. The van der Waals surface area contributed by atoms with Gasteiger partial charge in [0.05, 0.1) is 19.2 Å². The van der Waals surface area contributed by atoms with E-state index in [9.17, 15) is 15.0 Å². The molecule has 0 spiro atoms. The maximum Gasteiger partial charge on any atom is 0.426 e. The molecule has 2 amide bonds. The van der Waals surface area contributed by atoms with E-state index < -0.39 is 0 Å². The van der Waals surface area contributed by atoms with Crippen LogP contribution in [0, 0.1) is 5.39 Å². The third kappa shape index (κ3) is 9.69. The van der Waals surface area contributed by atoms with Gasteiger partial charge < -0.3 is 20.3 Å². The minimum absolute atomic E-state index is 0.0149. The number of unbranched alkanes of at least 4 members (excludes halogenated alkanes) is 2. The fraction of sp³-hybridized carbons (Fsp3) is 0.652. The summed E-state index contributed by atoms with van der Waals surface area (Å²) in [5.41, 5.74) is 0.972. The van der Waals surface area contributed by atoms with Gasteiger partial charge in [-0.3, -0.25) is 9.59 Å². The molecule has 31 heavy (non-hydrogen) atoms. The van der Waals surface area contributed by atoms with Gasteiger partial charge in [-0.25, -0.2) is 0 Å². The Labute approximate surface area is 186 Å². The van der Waals surface area contributed by atoms with E-state index in [-0.39, 0.29) is 31.0 Å². The van der Waals surface area contributed by atoms with Gasteiger partial charge in [0.25, 0.3) is 0 Å². The first kappa shape index (κ1) is 26.2. The van der Waals surface area contributed by atoms with Crippen LogP contribution in [0.2, 0.25) is 0 Å². The molecule has 0 aliphatic rings. The molecular formula is C23H38N5O3+. The van der Waals surface area contributed by atoms with Gasteiger partial charge >= 0.3 is 5.69 Å². The molecule has 0 atom stereocenters. The van der Waals surface area contributed by atoms with Crippen LogP contribution in [-0.4, -0.2) is 44.1 Å². The first-order valence-corrected chi connectivity index (χ1v) is 11.4. The molecule has 0 saturated carbocycles. The van der Waals surface area contributed by atoms with Crippen LogP contribution in [0.4, 0.5) is 11.4 Å². The van der Waals surface area contributed by atoms with Gasteiger partial charge in [0.1, 0.15) is 0 Å². The Hall–Kier alpha value is -2.82. The minimum atomic E-state index is -0.145. The lowest BCUT2D eigenvalue weighted by Crippen LogP contribution is -2.43. The molecule has 0 bridgehead atoms. The third-order valence-corrected chi connectivity index (χ3v) is 4.99. The SMILES string of the molecule is CCCCNC(=O)CN(CC(=O)NCCCC)c1ccc([N+]#N)c(OC(CC)CC)c1. The molecule has 2 N–H and O–H groups in total. The van der Waals surface area contributed by atoms with E-state index >= 15 is 0 Å². The van der Waals surface area contributed by atoms with Crippen molar-refractivity contribution in [3.05, 3.63) is 23.2 Å². The number of hydrogen-bond acceptors (Lipinski definition) is 5. The first-order chi connectivity index (χ1) is 15.0. The molecule has 1 rings (SSSR count). The second-order valence-corrected chi connectivity index (χ2v) is 7.57. The molecule has 0 aromatic heterocycles. The Morgan fingerprint density at radius 3 is 2.00 bits per heavy atom. The van der Waals surface area contributed by atoms with Gasteiger partial charge in [-0.05, 0) is 31.7 Å². The van der Waals surface area contributed by atoms with Crippen molar-refractivity contribution in [1.82, 2.24) is 10.6 Å². The number of amides is 2. The number of carbonyl (C=O) groups excluding carboxylic acids is 2. The van der Waals surface area contributed by atoms with Gasteiger partial charge in [0, 0.05) is 30.9 Å². The predicted octanol–water partition coefficient (Wildman–Crippen LogP) is 4.38. The van der Waals surface area contributed by atoms with Crippen LogP contribution in [-0.2, 0) is 9.59 Å². The number of hydrogen-bond donors (Lipinski definition) is 2. The first-order valence-electron chi connectivity index (χ1n) is 11.4. The minimum Gasteiger partial charge on any atom is -0.483 e. The highest BCUT2D eigenvalue weighted by atomic mass is 16.5. The van der Waals surface area contributed by atoms with Crippen LogP contribution in [0.1, 0.15) is 66.2 Å². The molecule has 0 aliphatic carbocycles. The van der Waals surface area contributed by atoms with Crippen molar-refractivity contribution >= 4 is 23.2 Å². The van der Waals surface area contributed by atoms with E-state index in [1.54, 1.807) is 23.1 Å². The number of nitrogens with one attached hydrogen (secondary N) is 2. The van der Waals surface area contributed by atoms with Gasteiger partial charge in [-0.1, -0.05) is 40.5 Å². The molecule has 0 aliphatic heterocycles. The van der Waals surface area contributed by atoms with E-state index in [4.69, 9.17) is 4.74 Å². The van der Waals surface area contributed by atoms with Gasteiger partial charge in [-0.15, -0.1) is 0 Å². The highest BCUT2D eigenvalue weighted by Gasteiger charge is 2.22. The number of diazo groups is 1. The zero-order chi connectivity index (χ0) is 23.1. The third-order valence-electron chi connectivity index (χ3n) is 4.99. The maximum absolute atomic E-state index is 12.4. The standard InChI is InChI=1S/C23H37N5O3/c1-5-9-13-25-22(29)16-28(17-23(30)26-14-10-6-2)18-11-12-20(27-24)21(15-18)31-19(7-3)8-4/h11-12,15,19H,5-10,13-14,16-17H2,1-4H3,(H-,25,26,29,30)/p+1. The lowest BCUT2D eigenvalue weighted by Gasteiger charge is -2.24. The maximum atomic E-state index is 12.4. The number of anilines is 1. The highest BCUT2D eigenvalue weighted by Crippen LogP contribution is 2.33. The van der Waals surface area contributed by atoms with Gasteiger partial charge in [0.2, 0.25) is 23.0 Å². The fourth-order valence-corrected chi connectivity index (χ4v) is 3.02. The van der Waals surface area contributed by atoms with Crippen molar-refractivity contribution in [2.45, 2.75) is 72.3 Å². The summed E-state index contributed by atoms with van der Waals surface area (Å²) in [7, 11) is 0. The van der Waals surface area contributed by atoms with Crippen molar-refractivity contribution in [2.24, 2.45) is 0 Å². The molecule has 0 unspecified atom stereocenters. The van der Waals surface area contributed by atoms with Crippen molar-refractivity contribution in [3.63, 3.8) is 0 Å². The molecule has 1 aromatic carbocycles. The summed E-state index contributed by atoms with van der Waals surface area (Å²) in [5, 5.41) is 15.1. The van der Waals surface area contributed by atoms with Crippen LogP contribution in [0.3, 0.4) is 0 Å². The molecule has 8 heteroatoms. The van der Waals surface area contributed by atoms with E-state index in [2.05, 4.69) is 29.5 Å². The van der Waals surface area contributed by atoms with E-state index in [1.807, 2.05) is 13.8 Å². The quantitative estimate of drug-likeness (QED) is 0.317. The summed E-state index contributed by atoms with van der Waals surface area (Å²) in [4.78, 5) is 29.9. The summed E-state index contributed by atoms with van der Waals surface area (Å²) < 4.78 is 6.01. The molecule has 0 heterocycles. The van der Waals surface area contributed by atoms with Crippen LogP contribution in [0.15, 0.2) is 18.2 Å². The van der Waals surface area contributed by atoms with Crippen molar-refractivity contribution < 1.29 is 14.3 Å². The van der Waals surface area contributed by atoms with E-state index in [0.717, 1.165) is 38.5 Å². The van der Waals surface area contributed by atoms with E-state index in [1.165, 1.54) is 0 Å². The molecular weight excluding hydrogens is 394 g/mol. The fourth-order valence-electron chi connectivity index (χ4n) is 3.02. The second kappa shape index (κ2) is 15.1. The van der Waals surface area contributed by atoms with Crippen LogP contribution < -0.4 is 20.3 Å². The summed E-state index contributed by atoms with van der Waals surface area (Å²) in [6.07, 6.45) is 5.41. The Bertz CT molecular complexity index is 704. The normalized spacial score (nSPS) is 10.5. The summed E-state index contributed by atoms with van der Waals surface area (Å²) in [6.45, 7) is 9.50. The average Bonchev–Trinajstić information content (AvgIpc) is 2.77. The summed E-state index contributed by atoms with van der Waals surface area (Å²) in [5.74, 6) is 0.137. The second-order valence-electron chi connectivity index (χ2n) is 7.57. The number of carbonyl (C=O) groups is 2. The molecule has 8 nitrogen and oxygen atoms in total.